The van der Waals surface area contributed by atoms with Gasteiger partial charge in [0.25, 0.3) is 0 Å². The van der Waals surface area contributed by atoms with Crippen LogP contribution >= 0.6 is 0 Å². The van der Waals surface area contributed by atoms with Gasteiger partial charge in [0.1, 0.15) is 5.69 Å². The topological polar surface area (TPSA) is 79.9 Å². The molecule has 0 atom stereocenters. The van der Waals surface area contributed by atoms with Crippen molar-refractivity contribution >= 4 is 17.3 Å². The highest BCUT2D eigenvalue weighted by atomic mass is 16.2. The lowest BCUT2D eigenvalue weighted by Crippen LogP contribution is -2.28. The highest BCUT2D eigenvalue weighted by molar-refractivity contribution is 5.97. The number of hydrogen-bond donors (Lipinski definition) is 0. The molecular formula is C18H17N5O2. The van der Waals surface area contributed by atoms with E-state index in [2.05, 4.69) is 15.2 Å². The van der Waals surface area contributed by atoms with Crippen LogP contribution in [0, 0.1) is 0 Å². The van der Waals surface area contributed by atoms with Gasteiger partial charge in [0.2, 0.25) is 5.91 Å². The molecule has 0 aliphatic carbocycles. The number of benzene rings is 1. The van der Waals surface area contributed by atoms with Crippen LogP contribution in [0.3, 0.4) is 0 Å². The number of amides is 1. The molecule has 0 bridgehead atoms. The van der Waals surface area contributed by atoms with Crippen LogP contribution in [0.4, 0.5) is 0 Å². The lowest BCUT2D eigenvalue weighted by molar-refractivity contribution is -0.127. The van der Waals surface area contributed by atoms with Gasteiger partial charge in [0.15, 0.2) is 16.9 Å². The summed E-state index contributed by atoms with van der Waals surface area (Å²) in [5.74, 6) is -0.323. The molecular weight excluding hydrogens is 318 g/mol. The molecule has 7 nitrogen and oxygen atoms in total. The first-order valence-corrected chi connectivity index (χ1v) is 7.76. The Kier molecular flexibility index (Phi) is 4.65. The van der Waals surface area contributed by atoms with E-state index in [0.717, 1.165) is 0 Å². The van der Waals surface area contributed by atoms with Gasteiger partial charge >= 0.3 is 0 Å². The predicted octanol–water partition coefficient (Wildman–Crippen LogP) is 1.45. The highest BCUT2D eigenvalue weighted by Gasteiger charge is 2.13. The molecule has 7 heteroatoms. The fraction of sp³-hybridized carbons (Fsp3) is 0.167. The van der Waals surface area contributed by atoms with Gasteiger partial charge in [-0.1, -0.05) is 36.4 Å². The Hall–Kier alpha value is -3.35. The minimum Gasteiger partial charge on any atom is -0.294 e. The van der Waals surface area contributed by atoms with Crippen LogP contribution in [-0.4, -0.2) is 38.3 Å². The fourth-order valence-corrected chi connectivity index (χ4v) is 2.23. The number of carbonyl (C=O) groups is 2. The molecule has 126 valence electrons. The number of nitrogens with zero attached hydrogens (tertiary/aromatic N) is 5. The van der Waals surface area contributed by atoms with Crippen LogP contribution in [0.5, 0.6) is 0 Å². The quantitative estimate of drug-likeness (QED) is 0.534. The van der Waals surface area contributed by atoms with Gasteiger partial charge < -0.3 is 0 Å². The number of rotatable bonds is 4. The lowest BCUT2D eigenvalue weighted by Gasteiger charge is -2.09. The van der Waals surface area contributed by atoms with Gasteiger partial charge in [-0.15, -0.1) is 5.10 Å². The summed E-state index contributed by atoms with van der Waals surface area (Å²) in [5.41, 5.74) is 1.83. The second-order valence-corrected chi connectivity index (χ2v) is 5.49. The SMILES string of the molecule is CC(=O)N(C)N=c1nc2ccccn2nc1CC(=O)c1ccccc1. The Morgan fingerprint density at radius 3 is 2.56 bits per heavy atom. The Morgan fingerprint density at radius 1 is 1.12 bits per heavy atom. The molecule has 0 N–H and O–H groups in total. The molecule has 0 fully saturated rings. The Balaban J connectivity index is 2.08. The average molecular weight is 335 g/mol. The summed E-state index contributed by atoms with van der Waals surface area (Å²) < 4.78 is 1.58. The van der Waals surface area contributed by atoms with Crippen LogP contribution in [0.25, 0.3) is 5.65 Å². The molecule has 0 aliphatic heterocycles. The maximum Gasteiger partial charge on any atom is 0.239 e. The number of aromatic nitrogens is 3. The normalized spacial score (nSPS) is 11.5. The molecule has 3 aromatic rings. The zero-order valence-corrected chi connectivity index (χ0v) is 14.0. The average Bonchev–Trinajstić information content (AvgIpc) is 2.62. The molecule has 2 heterocycles. The number of carbonyl (C=O) groups excluding carboxylic acids is 2. The van der Waals surface area contributed by atoms with E-state index in [0.29, 0.717) is 16.9 Å². The number of pyridine rings is 1. The van der Waals surface area contributed by atoms with Crippen molar-refractivity contribution in [2.24, 2.45) is 5.10 Å². The van der Waals surface area contributed by atoms with E-state index in [-0.39, 0.29) is 23.6 Å². The molecule has 25 heavy (non-hydrogen) atoms. The summed E-state index contributed by atoms with van der Waals surface area (Å²) in [6.07, 6.45) is 1.79. The molecule has 0 aliphatic rings. The third-order valence-electron chi connectivity index (χ3n) is 3.65. The van der Waals surface area contributed by atoms with E-state index in [9.17, 15) is 9.59 Å². The van der Waals surface area contributed by atoms with Crippen molar-refractivity contribution in [1.29, 1.82) is 0 Å². The van der Waals surface area contributed by atoms with Gasteiger partial charge in [0.05, 0.1) is 6.42 Å². The third-order valence-corrected chi connectivity index (χ3v) is 3.65. The molecule has 0 unspecified atom stereocenters. The van der Waals surface area contributed by atoms with Crippen molar-refractivity contribution in [1.82, 2.24) is 19.6 Å². The van der Waals surface area contributed by atoms with Crippen molar-refractivity contribution in [3.63, 3.8) is 0 Å². The minimum absolute atomic E-state index is 0.0411. The lowest BCUT2D eigenvalue weighted by atomic mass is 10.1. The summed E-state index contributed by atoms with van der Waals surface area (Å²) >= 11 is 0. The van der Waals surface area contributed by atoms with Crippen molar-refractivity contribution in [2.75, 3.05) is 7.05 Å². The van der Waals surface area contributed by atoms with E-state index >= 15 is 0 Å². The van der Waals surface area contributed by atoms with Gasteiger partial charge in [-0.05, 0) is 12.1 Å². The van der Waals surface area contributed by atoms with Crippen LogP contribution in [0.1, 0.15) is 23.0 Å². The Labute approximate surface area is 144 Å². The molecule has 0 saturated carbocycles. The summed E-state index contributed by atoms with van der Waals surface area (Å²) in [6, 6.07) is 14.4. The molecule has 2 aromatic heterocycles. The highest BCUT2D eigenvalue weighted by Crippen LogP contribution is 2.04. The first-order chi connectivity index (χ1) is 12.0. The zero-order valence-electron chi connectivity index (χ0n) is 14.0. The summed E-state index contributed by atoms with van der Waals surface area (Å²) in [7, 11) is 1.54. The second-order valence-electron chi connectivity index (χ2n) is 5.49. The van der Waals surface area contributed by atoms with Crippen molar-refractivity contribution in [3.8, 4) is 0 Å². The smallest absolute Gasteiger partial charge is 0.239 e. The van der Waals surface area contributed by atoms with Crippen LogP contribution in [-0.2, 0) is 11.2 Å². The van der Waals surface area contributed by atoms with E-state index in [1.165, 1.54) is 19.0 Å². The van der Waals surface area contributed by atoms with Gasteiger partial charge in [-0.25, -0.2) is 14.5 Å². The van der Waals surface area contributed by atoms with Crippen LogP contribution < -0.4 is 5.49 Å². The van der Waals surface area contributed by atoms with E-state index in [4.69, 9.17) is 0 Å². The zero-order chi connectivity index (χ0) is 17.8. The molecule has 1 amide bonds. The summed E-state index contributed by atoms with van der Waals surface area (Å²) in [5, 5.41) is 9.84. The van der Waals surface area contributed by atoms with E-state index in [1.54, 1.807) is 28.9 Å². The van der Waals surface area contributed by atoms with Crippen molar-refractivity contribution in [3.05, 3.63) is 71.5 Å². The predicted molar refractivity (Wildman–Crippen MR) is 91.5 cm³/mol. The minimum atomic E-state index is -0.233. The van der Waals surface area contributed by atoms with Gasteiger partial charge in [-0.3, -0.25) is 9.59 Å². The molecule has 1 aromatic carbocycles. The third kappa shape index (κ3) is 3.77. The molecule has 0 radical (unpaired) electrons. The second kappa shape index (κ2) is 7.04. The number of hydrogen-bond acceptors (Lipinski definition) is 5. The van der Waals surface area contributed by atoms with Crippen LogP contribution in [0.15, 0.2) is 59.8 Å². The first-order valence-electron chi connectivity index (χ1n) is 7.76. The molecule has 0 spiro atoms. The largest absolute Gasteiger partial charge is 0.294 e. The van der Waals surface area contributed by atoms with E-state index in [1.807, 2.05) is 30.3 Å². The van der Waals surface area contributed by atoms with E-state index < -0.39 is 0 Å². The number of Topliss-reactive ketones (excluding diaryl/α,β-unsaturated/α-hetero) is 1. The maximum atomic E-state index is 12.5. The Morgan fingerprint density at radius 2 is 1.84 bits per heavy atom. The number of ketones is 1. The Bertz CT molecular complexity index is 995. The summed E-state index contributed by atoms with van der Waals surface area (Å²) in [6.45, 7) is 1.40. The number of fused-ring (bicyclic) bond motifs is 1. The summed E-state index contributed by atoms with van der Waals surface area (Å²) in [4.78, 5) is 28.4. The van der Waals surface area contributed by atoms with Crippen molar-refractivity contribution < 1.29 is 9.59 Å². The fourth-order valence-electron chi connectivity index (χ4n) is 2.23. The van der Waals surface area contributed by atoms with Gasteiger partial charge in [-0.2, -0.15) is 5.10 Å². The van der Waals surface area contributed by atoms with Crippen LogP contribution in [0.2, 0.25) is 0 Å². The molecule has 0 saturated heterocycles. The molecule has 3 rings (SSSR count). The monoisotopic (exact) mass is 335 g/mol. The van der Waals surface area contributed by atoms with Crippen molar-refractivity contribution in [2.45, 2.75) is 13.3 Å². The van der Waals surface area contributed by atoms with Gasteiger partial charge in [0, 0.05) is 25.7 Å². The maximum absolute atomic E-state index is 12.5. The standard InChI is InChI=1S/C18H17N5O2/c1-13(24)22(2)21-18-15(12-16(25)14-8-4-3-5-9-14)20-23-11-7-6-10-17(23)19-18/h3-11H,12H2,1-2H3. The first kappa shape index (κ1) is 16.5.